The summed E-state index contributed by atoms with van der Waals surface area (Å²) in [6.45, 7) is 5.45. The molecule has 2 aromatic carbocycles. The van der Waals surface area contributed by atoms with Crippen LogP contribution in [0, 0.1) is 5.82 Å². The first-order chi connectivity index (χ1) is 15.7. The number of carboxylic acids is 1. The molecule has 0 unspecified atom stereocenters. The molecule has 1 saturated heterocycles. The number of piperazine rings is 1. The number of carbonyl (C=O) groups excluding carboxylic acids is 1. The first kappa shape index (κ1) is 24.3. The zero-order valence-electron chi connectivity index (χ0n) is 19.2. The van der Waals surface area contributed by atoms with E-state index in [-0.39, 0.29) is 47.5 Å². The molecule has 0 spiro atoms. The molecule has 0 radical (unpaired) electrons. The predicted octanol–water partition coefficient (Wildman–Crippen LogP) is 3.04. The number of hydrogen-bond donors (Lipinski definition) is 1. The van der Waals surface area contributed by atoms with Crippen molar-refractivity contribution in [2.75, 3.05) is 33.9 Å². The van der Waals surface area contributed by atoms with Crippen LogP contribution in [-0.4, -0.2) is 72.8 Å². The molecule has 2 aromatic rings. The zero-order chi connectivity index (χ0) is 24.1. The Bertz CT molecular complexity index is 997. The molecule has 0 bridgehead atoms. The van der Waals surface area contributed by atoms with Crippen molar-refractivity contribution in [3.05, 3.63) is 53.3 Å². The summed E-state index contributed by atoms with van der Waals surface area (Å²) in [7, 11) is 2.81. The van der Waals surface area contributed by atoms with E-state index in [4.69, 9.17) is 14.2 Å². The van der Waals surface area contributed by atoms with Crippen molar-refractivity contribution in [3.8, 4) is 17.2 Å². The minimum atomic E-state index is -1.20. The molecule has 1 aliphatic heterocycles. The van der Waals surface area contributed by atoms with E-state index >= 15 is 0 Å². The fourth-order valence-corrected chi connectivity index (χ4v) is 4.02. The van der Waals surface area contributed by atoms with E-state index in [1.54, 1.807) is 17.0 Å². The summed E-state index contributed by atoms with van der Waals surface area (Å²) in [5.41, 5.74) is 0.885. The van der Waals surface area contributed by atoms with Crippen LogP contribution in [0.2, 0.25) is 0 Å². The van der Waals surface area contributed by atoms with Gasteiger partial charge in [0, 0.05) is 31.7 Å². The van der Waals surface area contributed by atoms with Crippen LogP contribution in [0.4, 0.5) is 4.39 Å². The van der Waals surface area contributed by atoms with E-state index in [9.17, 15) is 19.1 Å². The highest BCUT2D eigenvalue weighted by molar-refractivity contribution is 5.93. The van der Waals surface area contributed by atoms with Crippen LogP contribution in [0.1, 0.15) is 29.8 Å². The number of ether oxygens (including phenoxy) is 3. The number of hydrogen-bond acceptors (Lipinski definition) is 6. The van der Waals surface area contributed by atoms with Gasteiger partial charge in [-0.2, -0.15) is 0 Å². The first-order valence-corrected chi connectivity index (χ1v) is 10.6. The maximum atomic E-state index is 13.2. The summed E-state index contributed by atoms with van der Waals surface area (Å²) < 4.78 is 29.3. The molecule has 9 heteroatoms. The van der Waals surface area contributed by atoms with Crippen LogP contribution >= 0.6 is 0 Å². The normalized spacial score (nSPS) is 18.6. The van der Waals surface area contributed by atoms with Gasteiger partial charge in [-0.1, -0.05) is 12.1 Å². The predicted molar refractivity (Wildman–Crippen MR) is 119 cm³/mol. The average molecular weight is 461 g/mol. The Morgan fingerprint density at radius 1 is 1.00 bits per heavy atom. The average Bonchev–Trinajstić information content (AvgIpc) is 2.80. The van der Waals surface area contributed by atoms with E-state index in [0.29, 0.717) is 25.4 Å². The number of amides is 1. The van der Waals surface area contributed by atoms with Crippen LogP contribution in [-0.2, 0) is 11.3 Å². The third kappa shape index (κ3) is 5.54. The lowest BCUT2D eigenvalue weighted by molar-refractivity contribution is -0.139. The highest BCUT2D eigenvalue weighted by Crippen LogP contribution is 2.40. The second-order valence-corrected chi connectivity index (χ2v) is 8.07. The molecule has 1 amide bonds. The van der Waals surface area contributed by atoms with Crippen LogP contribution in [0.15, 0.2) is 36.4 Å². The number of carbonyl (C=O) groups is 2. The summed E-state index contributed by atoms with van der Waals surface area (Å²) in [6, 6.07) is 9.24. The topological polar surface area (TPSA) is 88.5 Å². The Morgan fingerprint density at radius 2 is 1.70 bits per heavy atom. The molecule has 2 atom stereocenters. The van der Waals surface area contributed by atoms with Crippen molar-refractivity contribution in [3.63, 3.8) is 0 Å². The summed E-state index contributed by atoms with van der Waals surface area (Å²) in [4.78, 5) is 28.6. The molecule has 178 valence electrons. The Balaban J connectivity index is 1.68. The van der Waals surface area contributed by atoms with E-state index < -0.39 is 5.97 Å². The number of rotatable bonds is 8. The van der Waals surface area contributed by atoms with Gasteiger partial charge < -0.3 is 24.2 Å². The van der Waals surface area contributed by atoms with Crippen molar-refractivity contribution in [1.29, 1.82) is 0 Å². The van der Waals surface area contributed by atoms with Gasteiger partial charge in [0.25, 0.3) is 5.91 Å². The molecule has 0 aliphatic carbocycles. The van der Waals surface area contributed by atoms with Gasteiger partial charge in [-0.25, -0.2) is 9.18 Å². The summed E-state index contributed by atoms with van der Waals surface area (Å²) in [5.74, 6) is -1.34. The van der Waals surface area contributed by atoms with Gasteiger partial charge in [0.05, 0.1) is 14.2 Å². The molecular weight excluding hydrogens is 431 g/mol. The maximum Gasteiger partial charge on any atom is 0.339 e. The summed E-state index contributed by atoms with van der Waals surface area (Å²) in [6.07, 6.45) is 0. The van der Waals surface area contributed by atoms with Gasteiger partial charge in [0.2, 0.25) is 5.75 Å². The smallest absolute Gasteiger partial charge is 0.339 e. The fourth-order valence-electron chi connectivity index (χ4n) is 4.02. The minimum Gasteiger partial charge on any atom is -0.493 e. The molecule has 1 heterocycles. The maximum absolute atomic E-state index is 13.2. The van der Waals surface area contributed by atoms with Crippen LogP contribution in [0.3, 0.4) is 0 Å². The van der Waals surface area contributed by atoms with Crippen LogP contribution in [0.5, 0.6) is 17.2 Å². The third-order valence-electron chi connectivity index (χ3n) is 5.80. The van der Waals surface area contributed by atoms with Gasteiger partial charge in [0.1, 0.15) is 11.4 Å². The molecule has 3 rings (SSSR count). The molecule has 8 nitrogen and oxygen atoms in total. The number of methoxy groups -OCH3 is 2. The Hall–Kier alpha value is -3.33. The van der Waals surface area contributed by atoms with E-state index in [1.165, 1.54) is 38.5 Å². The van der Waals surface area contributed by atoms with E-state index in [2.05, 4.69) is 4.90 Å². The third-order valence-corrected chi connectivity index (χ3v) is 5.80. The second kappa shape index (κ2) is 10.5. The van der Waals surface area contributed by atoms with Crippen molar-refractivity contribution < 1.29 is 33.3 Å². The number of halogens is 1. The van der Waals surface area contributed by atoms with E-state index in [1.807, 2.05) is 13.8 Å². The highest BCUT2D eigenvalue weighted by Gasteiger charge is 2.32. The minimum absolute atomic E-state index is 0.0478. The number of benzene rings is 2. The summed E-state index contributed by atoms with van der Waals surface area (Å²) >= 11 is 0. The van der Waals surface area contributed by atoms with Crippen molar-refractivity contribution in [2.24, 2.45) is 0 Å². The van der Waals surface area contributed by atoms with Crippen molar-refractivity contribution in [2.45, 2.75) is 32.5 Å². The number of carboxylic acid groups (broad SMARTS) is 1. The van der Waals surface area contributed by atoms with Gasteiger partial charge >= 0.3 is 5.97 Å². The quantitative estimate of drug-likeness (QED) is 0.648. The van der Waals surface area contributed by atoms with E-state index in [0.717, 1.165) is 5.56 Å². The molecule has 33 heavy (non-hydrogen) atoms. The van der Waals surface area contributed by atoms with Gasteiger partial charge in [-0.05, 0) is 43.7 Å². The second-order valence-electron chi connectivity index (χ2n) is 8.07. The highest BCUT2D eigenvalue weighted by atomic mass is 19.1. The Labute approximate surface area is 192 Å². The molecular formula is C24H29FN2O6. The molecule has 1 N–H and O–H groups in total. The monoisotopic (exact) mass is 460 g/mol. The van der Waals surface area contributed by atoms with Gasteiger partial charge in [-0.15, -0.1) is 0 Å². The first-order valence-electron chi connectivity index (χ1n) is 10.6. The number of aromatic carboxylic acids is 1. The molecule has 0 saturated carbocycles. The lowest BCUT2D eigenvalue weighted by Gasteiger charge is -2.44. The lowest BCUT2D eigenvalue weighted by Crippen LogP contribution is -2.58. The Kier molecular flexibility index (Phi) is 7.75. The molecule has 0 aromatic heterocycles. The van der Waals surface area contributed by atoms with Crippen molar-refractivity contribution >= 4 is 11.9 Å². The van der Waals surface area contributed by atoms with Gasteiger partial charge in [0.15, 0.2) is 18.1 Å². The lowest BCUT2D eigenvalue weighted by atomic mass is 10.1. The summed E-state index contributed by atoms with van der Waals surface area (Å²) in [5, 5.41) is 9.51. The van der Waals surface area contributed by atoms with Gasteiger partial charge in [-0.3, -0.25) is 9.69 Å². The van der Waals surface area contributed by atoms with Crippen molar-refractivity contribution in [1.82, 2.24) is 9.80 Å². The zero-order valence-corrected chi connectivity index (χ0v) is 19.2. The van der Waals surface area contributed by atoms with Crippen LogP contribution in [0.25, 0.3) is 0 Å². The molecule has 1 fully saturated rings. The SMILES string of the molecule is COc1ccc(C(=O)O)c(OCC(=O)N2C[C@H](C)N(Cc3ccc(F)cc3)C[C@H]2C)c1OC. The van der Waals surface area contributed by atoms with Crippen LogP contribution < -0.4 is 14.2 Å². The Morgan fingerprint density at radius 3 is 2.30 bits per heavy atom. The standard InChI is InChI=1S/C24H29FN2O6/c1-15-12-27(16(2)11-26(15)13-17-5-7-18(25)8-6-17)21(28)14-33-22-19(24(29)30)9-10-20(31-3)23(22)32-4/h5-10,15-16H,11-14H2,1-4H3,(H,29,30)/t15-,16+/m0/s1. The molecule has 1 aliphatic rings. The number of nitrogens with zero attached hydrogens (tertiary/aromatic N) is 2. The fraction of sp³-hybridized carbons (Fsp3) is 0.417. The largest absolute Gasteiger partial charge is 0.493 e.